The molecular formula is C26H34BrN3O3. The molecule has 0 bridgehead atoms. The van der Waals surface area contributed by atoms with Crippen molar-refractivity contribution in [2.24, 2.45) is 11.3 Å². The zero-order chi connectivity index (χ0) is 24.1. The summed E-state index contributed by atoms with van der Waals surface area (Å²) in [6.07, 6.45) is 3.67. The molecule has 6 nitrogen and oxygen atoms in total. The van der Waals surface area contributed by atoms with Crippen LogP contribution in [0.2, 0.25) is 0 Å². The van der Waals surface area contributed by atoms with Crippen LogP contribution in [-0.4, -0.2) is 59.1 Å². The van der Waals surface area contributed by atoms with Crippen molar-refractivity contribution in [2.75, 3.05) is 26.7 Å². The van der Waals surface area contributed by atoms with E-state index in [9.17, 15) is 9.59 Å². The molecule has 1 amide bonds. The van der Waals surface area contributed by atoms with Crippen LogP contribution in [-0.2, 0) is 16.0 Å². The van der Waals surface area contributed by atoms with Gasteiger partial charge in [0.15, 0.2) is 0 Å². The number of fused-ring (bicyclic) bond motifs is 2. The molecule has 4 rings (SSSR count). The maximum atomic E-state index is 13.2. The molecule has 2 aromatic rings. The van der Waals surface area contributed by atoms with Crippen LogP contribution in [0.15, 0.2) is 28.9 Å². The molecule has 0 spiro atoms. The fraction of sp³-hybridized carbons (Fsp3) is 0.538. The first-order valence-corrected chi connectivity index (χ1v) is 12.7. The van der Waals surface area contributed by atoms with E-state index in [1.807, 2.05) is 51.7 Å². The Bertz CT molecular complexity index is 1130. The van der Waals surface area contributed by atoms with Gasteiger partial charge in [0.25, 0.3) is 0 Å². The average molecular weight is 516 g/mol. The molecule has 2 atom stereocenters. The molecule has 0 saturated heterocycles. The van der Waals surface area contributed by atoms with E-state index in [0.29, 0.717) is 13.0 Å². The van der Waals surface area contributed by atoms with E-state index >= 15 is 0 Å². The van der Waals surface area contributed by atoms with E-state index in [-0.39, 0.29) is 23.8 Å². The molecule has 178 valence electrons. The SMILES string of the molecule is CCN(CC)C(=O)[C@@H]1C=C2c3cccc4c3c(c(Br)n4OC(=O)C(C)(C)CC)C[C@H]2N(C)C1. The van der Waals surface area contributed by atoms with Crippen molar-refractivity contribution < 1.29 is 14.4 Å². The Labute approximate surface area is 204 Å². The molecule has 0 saturated carbocycles. The molecule has 2 aliphatic rings. The largest absolute Gasteiger partial charge is 0.343 e. The second-order valence-corrected chi connectivity index (χ2v) is 10.5. The zero-order valence-electron chi connectivity index (χ0n) is 20.4. The first-order chi connectivity index (χ1) is 15.6. The highest BCUT2D eigenvalue weighted by atomic mass is 79.9. The third kappa shape index (κ3) is 3.93. The lowest BCUT2D eigenvalue weighted by Crippen LogP contribution is -2.47. The monoisotopic (exact) mass is 515 g/mol. The minimum Gasteiger partial charge on any atom is -0.343 e. The number of nitrogens with zero attached hydrogens (tertiary/aromatic N) is 3. The van der Waals surface area contributed by atoms with Gasteiger partial charge in [-0.3, -0.25) is 9.69 Å². The smallest absolute Gasteiger partial charge is 0.338 e. The average Bonchev–Trinajstić information content (AvgIpc) is 3.07. The molecule has 1 aromatic carbocycles. The third-order valence-electron chi connectivity index (χ3n) is 7.46. The van der Waals surface area contributed by atoms with Crippen LogP contribution in [0, 0.1) is 11.3 Å². The maximum absolute atomic E-state index is 13.2. The number of amides is 1. The van der Waals surface area contributed by atoms with Crippen LogP contribution in [0.5, 0.6) is 0 Å². The fourth-order valence-corrected chi connectivity index (χ4v) is 5.55. The number of rotatable bonds is 6. The van der Waals surface area contributed by atoms with Gasteiger partial charge in [0, 0.05) is 31.1 Å². The fourth-order valence-electron chi connectivity index (χ4n) is 4.93. The number of aromatic nitrogens is 1. The highest BCUT2D eigenvalue weighted by molar-refractivity contribution is 9.10. The summed E-state index contributed by atoms with van der Waals surface area (Å²) < 4.78 is 2.43. The summed E-state index contributed by atoms with van der Waals surface area (Å²) in [5.41, 5.74) is 3.76. The summed E-state index contributed by atoms with van der Waals surface area (Å²) in [6, 6.07) is 6.29. The van der Waals surface area contributed by atoms with Crippen molar-refractivity contribution in [1.29, 1.82) is 0 Å². The van der Waals surface area contributed by atoms with Crippen LogP contribution in [0.4, 0.5) is 0 Å². The van der Waals surface area contributed by atoms with Gasteiger partial charge in [-0.05, 0) is 86.3 Å². The van der Waals surface area contributed by atoms with Gasteiger partial charge < -0.3 is 9.74 Å². The van der Waals surface area contributed by atoms with E-state index in [0.717, 1.165) is 46.1 Å². The van der Waals surface area contributed by atoms with Gasteiger partial charge >= 0.3 is 5.97 Å². The topological polar surface area (TPSA) is 54.8 Å². The molecule has 0 fully saturated rings. The minimum absolute atomic E-state index is 0.160. The summed E-state index contributed by atoms with van der Waals surface area (Å²) >= 11 is 3.74. The first-order valence-electron chi connectivity index (χ1n) is 11.9. The normalized spacial score (nSPS) is 20.4. The lowest BCUT2D eigenvalue weighted by atomic mass is 9.79. The van der Waals surface area contributed by atoms with Crippen LogP contribution < -0.4 is 4.84 Å². The van der Waals surface area contributed by atoms with E-state index in [1.165, 1.54) is 5.57 Å². The Morgan fingerprint density at radius 2 is 1.91 bits per heavy atom. The molecule has 0 N–H and O–H groups in total. The predicted octanol–water partition coefficient (Wildman–Crippen LogP) is 4.53. The predicted molar refractivity (Wildman–Crippen MR) is 135 cm³/mol. The Kier molecular flexibility index (Phi) is 6.49. The Hall–Kier alpha value is -2.12. The highest BCUT2D eigenvalue weighted by Crippen LogP contribution is 2.44. The molecule has 0 unspecified atom stereocenters. The Morgan fingerprint density at radius 3 is 2.55 bits per heavy atom. The van der Waals surface area contributed by atoms with E-state index in [2.05, 4.69) is 40.0 Å². The number of carbonyl (C=O) groups is 2. The van der Waals surface area contributed by atoms with Gasteiger partial charge in [-0.2, -0.15) is 4.73 Å². The number of halogens is 1. The Morgan fingerprint density at radius 1 is 1.21 bits per heavy atom. The van der Waals surface area contributed by atoms with Gasteiger partial charge in [-0.25, -0.2) is 4.79 Å². The summed E-state index contributed by atoms with van der Waals surface area (Å²) in [7, 11) is 2.10. The molecule has 1 aromatic heterocycles. The molecule has 0 radical (unpaired) electrons. The standard InChI is InChI=1S/C26H34BrN3O3/c1-7-26(4,5)25(32)33-30-20-12-10-11-17-18-13-16(24(31)29(8-2)9-3)15-28(6)21(18)14-19(22(17)20)23(30)27/h10-13,16,21H,7-9,14-15H2,1-6H3/t16-,21-/m1/s1. The van der Waals surface area contributed by atoms with E-state index in [1.54, 1.807) is 4.73 Å². The zero-order valence-corrected chi connectivity index (χ0v) is 22.0. The molecule has 1 aliphatic heterocycles. The number of carbonyl (C=O) groups excluding carboxylic acids is 2. The highest BCUT2D eigenvalue weighted by Gasteiger charge is 2.39. The van der Waals surface area contributed by atoms with Crippen LogP contribution >= 0.6 is 15.9 Å². The second-order valence-electron chi connectivity index (χ2n) is 9.78. The van der Waals surface area contributed by atoms with Crippen molar-refractivity contribution in [3.05, 3.63) is 40.0 Å². The molecule has 1 aliphatic carbocycles. The van der Waals surface area contributed by atoms with Crippen molar-refractivity contribution in [1.82, 2.24) is 14.5 Å². The number of likely N-dealkylation sites (N-methyl/N-ethyl adjacent to an activating group) is 1. The maximum Gasteiger partial charge on any atom is 0.338 e. The summed E-state index contributed by atoms with van der Waals surface area (Å²) in [6.45, 7) is 12.0. The van der Waals surface area contributed by atoms with Crippen LogP contribution in [0.1, 0.15) is 52.2 Å². The number of hydrogen-bond acceptors (Lipinski definition) is 4. The van der Waals surface area contributed by atoms with Crippen LogP contribution in [0.25, 0.3) is 16.5 Å². The minimum atomic E-state index is -0.567. The Balaban J connectivity index is 1.81. The van der Waals surface area contributed by atoms with Crippen LogP contribution in [0.3, 0.4) is 0 Å². The molecular weight excluding hydrogens is 482 g/mol. The van der Waals surface area contributed by atoms with Gasteiger partial charge in [0.1, 0.15) is 4.60 Å². The van der Waals surface area contributed by atoms with Crippen molar-refractivity contribution >= 4 is 44.3 Å². The van der Waals surface area contributed by atoms with Gasteiger partial charge in [0.2, 0.25) is 5.91 Å². The molecule has 7 heteroatoms. The lowest BCUT2D eigenvalue weighted by molar-refractivity contribution is -0.154. The van der Waals surface area contributed by atoms with E-state index in [4.69, 9.17) is 4.84 Å². The molecule has 2 heterocycles. The number of hydrogen-bond donors (Lipinski definition) is 0. The first kappa shape index (κ1) is 24.0. The summed E-state index contributed by atoms with van der Waals surface area (Å²) in [4.78, 5) is 36.1. The van der Waals surface area contributed by atoms with Crippen molar-refractivity contribution in [3.8, 4) is 0 Å². The lowest BCUT2D eigenvalue weighted by Gasteiger charge is -2.40. The summed E-state index contributed by atoms with van der Waals surface area (Å²) in [5.74, 6) is -0.227. The van der Waals surface area contributed by atoms with Crippen molar-refractivity contribution in [3.63, 3.8) is 0 Å². The van der Waals surface area contributed by atoms with Crippen molar-refractivity contribution in [2.45, 2.75) is 53.5 Å². The molecule has 33 heavy (non-hydrogen) atoms. The quantitative estimate of drug-likeness (QED) is 0.566. The van der Waals surface area contributed by atoms with Gasteiger partial charge in [0.05, 0.1) is 16.8 Å². The third-order valence-corrected chi connectivity index (χ3v) is 8.26. The summed E-state index contributed by atoms with van der Waals surface area (Å²) in [5, 5.41) is 1.10. The van der Waals surface area contributed by atoms with E-state index < -0.39 is 5.41 Å². The van der Waals surface area contributed by atoms with Gasteiger partial charge in [-0.15, -0.1) is 0 Å². The van der Waals surface area contributed by atoms with Gasteiger partial charge in [-0.1, -0.05) is 25.1 Å². The number of benzene rings is 1. The second kappa shape index (κ2) is 8.91.